The van der Waals surface area contributed by atoms with E-state index in [1.807, 2.05) is 13.0 Å². The van der Waals surface area contributed by atoms with Crippen LogP contribution in [0.1, 0.15) is 18.1 Å². The van der Waals surface area contributed by atoms with Crippen LogP contribution in [-0.2, 0) is 0 Å². The summed E-state index contributed by atoms with van der Waals surface area (Å²) in [6, 6.07) is 3.79. The number of rotatable bonds is 2. The van der Waals surface area contributed by atoms with Gasteiger partial charge in [-0.25, -0.2) is 4.98 Å². The first-order chi connectivity index (χ1) is 6.69. The van der Waals surface area contributed by atoms with Gasteiger partial charge in [0, 0.05) is 6.20 Å². The van der Waals surface area contributed by atoms with Crippen LogP contribution in [0.25, 0.3) is 0 Å². The molecule has 1 aromatic heterocycles. The molecule has 0 saturated carbocycles. The number of ether oxygens (including phenoxy) is 1. The van der Waals surface area contributed by atoms with Crippen molar-refractivity contribution in [1.82, 2.24) is 4.98 Å². The highest BCUT2D eigenvalue weighted by molar-refractivity contribution is 5.43. The fraction of sp³-hybridized carbons (Fsp3) is 0.273. The van der Waals surface area contributed by atoms with Crippen LogP contribution in [-0.4, -0.2) is 11.1 Å². The third kappa shape index (κ3) is 2.02. The lowest BCUT2D eigenvalue weighted by atomic mass is 10.2. The second-order valence-corrected chi connectivity index (χ2v) is 2.85. The zero-order valence-electron chi connectivity index (χ0n) is 8.11. The maximum Gasteiger partial charge on any atom is 0.233 e. The summed E-state index contributed by atoms with van der Waals surface area (Å²) in [6.45, 7) is 3.55. The topological polar surface area (TPSA) is 45.9 Å². The Bertz CT molecular complexity index is 412. The van der Waals surface area contributed by atoms with Crippen LogP contribution in [0.5, 0.6) is 5.88 Å². The van der Waals surface area contributed by atoms with Crippen molar-refractivity contribution in [2.75, 3.05) is 0 Å². The first-order valence-corrected chi connectivity index (χ1v) is 4.17. The molecule has 0 saturated heterocycles. The summed E-state index contributed by atoms with van der Waals surface area (Å²) in [4.78, 5) is 3.96. The lowest BCUT2D eigenvalue weighted by Gasteiger charge is -2.09. The van der Waals surface area contributed by atoms with Gasteiger partial charge in [0.05, 0.1) is 0 Å². The molecule has 0 N–H and O–H groups in total. The summed E-state index contributed by atoms with van der Waals surface area (Å²) < 4.78 is 5.30. The van der Waals surface area contributed by atoms with Crippen LogP contribution in [0, 0.1) is 30.6 Å². The number of terminal acetylenes is 1. The van der Waals surface area contributed by atoms with Gasteiger partial charge in [-0.1, -0.05) is 5.92 Å². The van der Waals surface area contributed by atoms with Gasteiger partial charge in [-0.05, 0) is 25.5 Å². The Morgan fingerprint density at radius 2 is 2.36 bits per heavy atom. The Morgan fingerprint density at radius 3 is 2.93 bits per heavy atom. The van der Waals surface area contributed by atoms with Gasteiger partial charge in [-0.15, -0.1) is 6.42 Å². The van der Waals surface area contributed by atoms with Crippen LogP contribution in [0.3, 0.4) is 0 Å². The minimum atomic E-state index is -0.378. The van der Waals surface area contributed by atoms with Gasteiger partial charge in [-0.2, -0.15) is 5.26 Å². The van der Waals surface area contributed by atoms with Gasteiger partial charge < -0.3 is 4.74 Å². The van der Waals surface area contributed by atoms with E-state index in [1.54, 1.807) is 19.2 Å². The van der Waals surface area contributed by atoms with Gasteiger partial charge in [0.2, 0.25) is 5.88 Å². The second kappa shape index (κ2) is 4.30. The van der Waals surface area contributed by atoms with Crippen LogP contribution >= 0.6 is 0 Å². The highest BCUT2D eigenvalue weighted by Crippen LogP contribution is 2.18. The first kappa shape index (κ1) is 10.1. The van der Waals surface area contributed by atoms with Gasteiger partial charge in [-0.3, -0.25) is 0 Å². The van der Waals surface area contributed by atoms with Crippen LogP contribution in [0.4, 0.5) is 0 Å². The van der Waals surface area contributed by atoms with E-state index in [-0.39, 0.29) is 6.10 Å². The molecule has 0 radical (unpaired) electrons. The highest BCUT2D eigenvalue weighted by Gasteiger charge is 2.09. The smallest absolute Gasteiger partial charge is 0.233 e. The minimum absolute atomic E-state index is 0.304. The average molecular weight is 186 g/mol. The second-order valence-electron chi connectivity index (χ2n) is 2.85. The molecule has 0 amide bonds. The van der Waals surface area contributed by atoms with Crippen molar-refractivity contribution in [3.8, 4) is 24.3 Å². The number of pyridine rings is 1. The van der Waals surface area contributed by atoms with Crippen LogP contribution in [0.15, 0.2) is 12.3 Å². The maximum atomic E-state index is 8.86. The molecule has 1 aromatic rings. The lowest BCUT2D eigenvalue weighted by molar-refractivity contribution is 0.267. The Hall–Kier alpha value is -2.00. The quantitative estimate of drug-likeness (QED) is 0.660. The van der Waals surface area contributed by atoms with Crippen LogP contribution < -0.4 is 4.74 Å². The molecule has 0 aliphatic carbocycles. The van der Waals surface area contributed by atoms with E-state index in [4.69, 9.17) is 16.4 Å². The van der Waals surface area contributed by atoms with E-state index in [0.29, 0.717) is 11.4 Å². The molecule has 14 heavy (non-hydrogen) atoms. The molecule has 1 rings (SSSR count). The van der Waals surface area contributed by atoms with Crippen molar-refractivity contribution in [3.63, 3.8) is 0 Å². The molecule has 0 spiro atoms. The van der Waals surface area contributed by atoms with E-state index >= 15 is 0 Å². The van der Waals surface area contributed by atoms with E-state index in [2.05, 4.69) is 10.9 Å². The molecule has 1 unspecified atom stereocenters. The standard InChI is InChI=1S/C11H10N2O/c1-4-9(3)14-11-10(7-12)8(2)5-6-13-11/h1,5-6,9H,2-3H3. The Kier molecular flexibility index (Phi) is 3.09. The zero-order chi connectivity index (χ0) is 10.6. The summed E-state index contributed by atoms with van der Waals surface area (Å²) in [5, 5.41) is 8.86. The van der Waals surface area contributed by atoms with Gasteiger partial charge in [0.15, 0.2) is 6.10 Å². The van der Waals surface area contributed by atoms with Crippen molar-refractivity contribution in [2.24, 2.45) is 0 Å². The van der Waals surface area contributed by atoms with Gasteiger partial charge in [0.25, 0.3) is 0 Å². The number of aromatic nitrogens is 1. The fourth-order valence-corrected chi connectivity index (χ4v) is 0.960. The molecule has 3 heteroatoms. The molecule has 0 fully saturated rings. The van der Waals surface area contributed by atoms with Crippen LogP contribution in [0.2, 0.25) is 0 Å². The lowest BCUT2D eigenvalue weighted by Crippen LogP contribution is -2.10. The fourth-order valence-electron chi connectivity index (χ4n) is 0.960. The third-order valence-electron chi connectivity index (χ3n) is 1.76. The maximum absolute atomic E-state index is 8.86. The van der Waals surface area contributed by atoms with E-state index in [9.17, 15) is 0 Å². The third-order valence-corrected chi connectivity index (χ3v) is 1.76. The monoisotopic (exact) mass is 186 g/mol. The average Bonchev–Trinajstić information content (AvgIpc) is 2.18. The molecule has 3 nitrogen and oxygen atoms in total. The Morgan fingerprint density at radius 1 is 1.64 bits per heavy atom. The molecular weight excluding hydrogens is 176 g/mol. The van der Waals surface area contributed by atoms with Crippen molar-refractivity contribution in [2.45, 2.75) is 20.0 Å². The molecule has 0 bridgehead atoms. The first-order valence-electron chi connectivity index (χ1n) is 4.17. The number of hydrogen-bond acceptors (Lipinski definition) is 3. The van der Waals surface area contributed by atoms with Gasteiger partial charge >= 0.3 is 0 Å². The SMILES string of the molecule is C#CC(C)Oc1nccc(C)c1C#N. The number of hydrogen-bond donors (Lipinski definition) is 0. The van der Waals surface area contributed by atoms with Gasteiger partial charge in [0.1, 0.15) is 11.6 Å². The van der Waals surface area contributed by atoms with Crippen molar-refractivity contribution in [3.05, 3.63) is 23.4 Å². The summed E-state index contributed by atoms with van der Waals surface area (Å²) in [7, 11) is 0. The number of nitrogens with zero attached hydrogens (tertiary/aromatic N) is 2. The number of nitriles is 1. The molecular formula is C11H10N2O. The van der Waals surface area contributed by atoms with E-state index in [1.165, 1.54) is 0 Å². The molecule has 0 aliphatic heterocycles. The molecule has 0 aromatic carbocycles. The van der Waals surface area contributed by atoms with Crippen molar-refractivity contribution in [1.29, 1.82) is 5.26 Å². The summed E-state index contributed by atoms with van der Waals surface area (Å²) in [5.74, 6) is 2.72. The van der Waals surface area contributed by atoms with Crippen molar-refractivity contribution >= 4 is 0 Å². The number of aryl methyl sites for hydroxylation is 1. The highest BCUT2D eigenvalue weighted by atomic mass is 16.5. The van der Waals surface area contributed by atoms with E-state index < -0.39 is 0 Å². The normalized spacial score (nSPS) is 11.1. The molecule has 1 heterocycles. The predicted octanol–water partition coefficient (Wildman–Crippen LogP) is 1.66. The Balaban J connectivity index is 3.05. The molecule has 1 atom stereocenters. The zero-order valence-corrected chi connectivity index (χ0v) is 8.11. The molecule has 70 valence electrons. The Labute approximate surface area is 83.3 Å². The summed E-state index contributed by atoms with van der Waals surface area (Å²) in [5.41, 5.74) is 1.27. The van der Waals surface area contributed by atoms with Crippen molar-refractivity contribution < 1.29 is 4.74 Å². The molecule has 0 aliphatic rings. The largest absolute Gasteiger partial charge is 0.461 e. The van der Waals surface area contributed by atoms with E-state index in [0.717, 1.165) is 5.56 Å². The predicted molar refractivity (Wildman–Crippen MR) is 52.6 cm³/mol. The summed E-state index contributed by atoms with van der Waals surface area (Å²) in [6.07, 6.45) is 6.38. The summed E-state index contributed by atoms with van der Waals surface area (Å²) >= 11 is 0. The minimum Gasteiger partial charge on any atom is -0.461 e.